The highest BCUT2D eigenvalue weighted by molar-refractivity contribution is 6.30. The van der Waals surface area contributed by atoms with E-state index in [0.717, 1.165) is 41.1 Å². The second kappa shape index (κ2) is 8.49. The molecule has 3 aromatic carbocycles. The molecule has 153 valence electrons. The van der Waals surface area contributed by atoms with Crippen LogP contribution in [-0.4, -0.2) is 10.5 Å². The third kappa shape index (κ3) is 3.68. The maximum Gasteiger partial charge on any atom is 0.249 e. The third-order valence-electron chi connectivity index (χ3n) is 5.55. The van der Waals surface area contributed by atoms with Crippen LogP contribution in [-0.2, 0) is 13.0 Å². The van der Waals surface area contributed by atoms with E-state index in [-0.39, 0.29) is 5.02 Å². The van der Waals surface area contributed by atoms with Crippen molar-refractivity contribution in [1.82, 2.24) is 4.57 Å². The van der Waals surface area contributed by atoms with Gasteiger partial charge in [-0.05, 0) is 48.7 Å². The summed E-state index contributed by atoms with van der Waals surface area (Å²) in [7, 11) is 0. The highest BCUT2D eigenvalue weighted by Gasteiger charge is 2.18. The number of carbonyl (C=O) groups is 1. The van der Waals surface area contributed by atoms with Crippen LogP contribution in [0.3, 0.4) is 0 Å². The zero-order chi connectivity index (χ0) is 21.3. The molecule has 0 aliphatic carbocycles. The Morgan fingerprint density at radius 2 is 1.97 bits per heavy atom. The van der Waals surface area contributed by atoms with Gasteiger partial charge in [0.15, 0.2) is 0 Å². The topological polar surface area (TPSA) is 48.0 Å². The maximum atomic E-state index is 14.7. The van der Waals surface area contributed by atoms with Gasteiger partial charge in [-0.1, -0.05) is 55.6 Å². The molecule has 0 saturated carbocycles. The van der Waals surface area contributed by atoms with Crippen molar-refractivity contribution in [3.05, 3.63) is 82.1 Å². The Labute approximate surface area is 180 Å². The predicted octanol–water partition coefficient (Wildman–Crippen LogP) is 6.27. The first-order valence-corrected chi connectivity index (χ1v) is 10.6. The SMILES string of the molecule is CCCCCc1c[c]c2c3c(C(N)=O)cccc3n(Cc3cccc(Cl)c3F)c2c1. The minimum Gasteiger partial charge on any atom is -0.366 e. The van der Waals surface area contributed by atoms with Crippen molar-refractivity contribution in [3.8, 4) is 0 Å². The Balaban J connectivity index is 1.94. The van der Waals surface area contributed by atoms with E-state index in [4.69, 9.17) is 17.3 Å². The van der Waals surface area contributed by atoms with Gasteiger partial charge in [0.25, 0.3) is 0 Å². The van der Waals surface area contributed by atoms with E-state index in [2.05, 4.69) is 19.1 Å². The highest BCUT2D eigenvalue weighted by atomic mass is 35.5. The molecule has 0 aliphatic rings. The summed E-state index contributed by atoms with van der Waals surface area (Å²) in [5.41, 5.74) is 9.48. The van der Waals surface area contributed by atoms with E-state index in [1.165, 1.54) is 18.1 Å². The molecule has 0 unspecified atom stereocenters. The van der Waals surface area contributed by atoms with E-state index >= 15 is 0 Å². The average Bonchev–Trinajstić information content (AvgIpc) is 3.04. The molecule has 4 aromatic rings. The number of nitrogens with two attached hydrogens (primary N) is 1. The Bertz CT molecular complexity index is 1250. The van der Waals surface area contributed by atoms with Gasteiger partial charge in [-0.25, -0.2) is 4.39 Å². The van der Waals surface area contributed by atoms with Crippen molar-refractivity contribution in [2.45, 2.75) is 39.2 Å². The number of benzene rings is 3. The Hall–Kier alpha value is -2.85. The van der Waals surface area contributed by atoms with Crippen LogP contribution >= 0.6 is 11.6 Å². The number of halogens is 2. The third-order valence-corrected chi connectivity index (χ3v) is 5.84. The van der Waals surface area contributed by atoms with Crippen molar-refractivity contribution in [2.75, 3.05) is 0 Å². The molecule has 1 aromatic heterocycles. The molecule has 0 spiro atoms. The minimum atomic E-state index is -0.492. The molecule has 30 heavy (non-hydrogen) atoms. The smallest absolute Gasteiger partial charge is 0.249 e. The summed E-state index contributed by atoms with van der Waals surface area (Å²) in [6, 6.07) is 17.9. The molecular weight excluding hydrogens is 399 g/mol. The standard InChI is InChI=1S/C25H23ClFN2O/c1-2-3-4-7-16-12-13-18-22(14-16)29(15-17-8-5-10-20(26)24(17)27)21-11-6-9-19(23(18)21)25(28)30/h5-6,8-12,14H,2-4,7,15H2,1H3,(H2,28,30). The van der Waals surface area contributed by atoms with E-state index in [9.17, 15) is 9.18 Å². The largest absolute Gasteiger partial charge is 0.366 e. The maximum absolute atomic E-state index is 14.7. The number of hydrogen-bond acceptors (Lipinski definition) is 1. The highest BCUT2D eigenvalue weighted by Crippen LogP contribution is 2.33. The van der Waals surface area contributed by atoms with Gasteiger partial charge in [-0.2, -0.15) is 0 Å². The summed E-state index contributed by atoms with van der Waals surface area (Å²) in [6.07, 6.45) is 4.38. The molecule has 4 rings (SSSR count). The number of carbonyl (C=O) groups excluding carboxylic acids is 1. The van der Waals surface area contributed by atoms with Crippen LogP contribution in [0.4, 0.5) is 4.39 Å². The molecule has 3 nitrogen and oxygen atoms in total. The lowest BCUT2D eigenvalue weighted by Crippen LogP contribution is -2.11. The van der Waals surface area contributed by atoms with Crippen molar-refractivity contribution < 1.29 is 9.18 Å². The molecule has 0 atom stereocenters. The summed E-state index contributed by atoms with van der Waals surface area (Å²) < 4.78 is 16.7. The van der Waals surface area contributed by atoms with Crippen molar-refractivity contribution in [3.63, 3.8) is 0 Å². The zero-order valence-corrected chi connectivity index (χ0v) is 17.6. The fourth-order valence-corrected chi connectivity index (χ4v) is 4.23. The molecular formula is C25H23ClFN2O. The molecule has 1 heterocycles. The van der Waals surface area contributed by atoms with E-state index in [1.54, 1.807) is 24.3 Å². The van der Waals surface area contributed by atoms with Crippen LogP contribution in [0.1, 0.15) is 47.7 Å². The van der Waals surface area contributed by atoms with E-state index in [0.29, 0.717) is 17.7 Å². The van der Waals surface area contributed by atoms with Crippen LogP contribution in [0.15, 0.2) is 48.5 Å². The number of unbranched alkanes of at least 4 members (excludes halogenated alkanes) is 2. The average molecular weight is 422 g/mol. The number of aromatic nitrogens is 1. The number of primary amides is 1. The predicted molar refractivity (Wildman–Crippen MR) is 121 cm³/mol. The molecule has 0 fully saturated rings. The van der Waals surface area contributed by atoms with Gasteiger partial charge in [0.05, 0.1) is 22.6 Å². The fourth-order valence-electron chi connectivity index (χ4n) is 4.04. The molecule has 0 saturated heterocycles. The molecule has 2 N–H and O–H groups in total. The number of rotatable bonds is 7. The summed E-state index contributed by atoms with van der Waals surface area (Å²) in [4.78, 5) is 12.1. The Morgan fingerprint density at radius 3 is 2.73 bits per heavy atom. The fraction of sp³-hybridized carbons (Fsp3) is 0.240. The van der Waals surface area contributed by atoms with Crippen LogP contribution in [0.5, 0.6) is 0 Å². The van der Waals surface area contributed by atoms with E-state index < -0.39 is 11.7 Å². The van der Waals surface area contributed by atoms with Gasteiger partial charge in [0, 0.05) is 21.9 Å². The number of aryl methyl sites for hydroxylation is 1. The van der Waals surface area contributed by atoms with Gasteiger partial charge < -0.3 is 10.3 Å². The molecule has 0 aliphatic heterocycles. The zero-order valence-electron chi connectivity index (χ0n) is 16.8. The lowest BCUT2D eigenvalue weighted by atomic mass is 10.0. The van der Waals surface area contributed by atoms with Gasteiger partial charge in [-0.15, -0.1) is 0 Å². The molecule has 1 radical (unpaired) electrons. The van der Waals surface area contributed by atoms with Gasteiger partial charge in [0.2, 0.25) is 5.91 Å². The number of nitrogens with zero attached hydrogens (tertiary/aromatic N) is 1. The van der Waals surface area contributed by atoms with Crippen LogP contribution in [0, 0.1) is 11.9 Å². The number of amides is 1. The van der Waals surface area contributed by atoms with Gasteiger partial charge >= 0.3 is 0 Å². The normalized spacial score (nSPS) is 11.4. The van der Waals surface area contributed by atoms with E-state index in [1.807, 2.05) is 16.7 Å². The second-order valence-corrected chi connectivity index (χ2v) is 8.00. The second-order valence-electron chi connectivity index (χ2n) is 7.59. The summed E-state index contributed by atoms with van der Waals surface area (Å²) in [5.74, 6) is -0.919. The van der Waals surface area contributed by atoms with Gasteiger partial charge in [-0.3, -0.25) is 4.79 Å². The molecule has 5 heteroatoms. The lowest BCUT2D eigenvalue weighted by molar-refractivity contribution is 0.100. The summed E-state index contributed by atoms with van der Waals surface area (Å²) >= 11 is 6.00. The molecule has 1 amide bonds. The van der Waals surface area contributed by atoms with Crippen LogP contribution in [0.25, 0.3) is 21.8 Å². The summed E-state index contributed by atoms with van der Waals surface area (Å²) in [6.45, 7) is 2.47. The minimum absolute atomic E-state index is 0.0953. The van der Waals surface area contributed by atoms with Crippen molar-refractivity contribution >= 4 is 39.3 Å². The number of hydrogen-bond donors (Lipinski definition) is 1. The summed E-state index contributed by atoms with van der Waals surface area (Å²) in [5, 5.41) is 1.67. The molecule has 0 bridgehead atoms. The first-order valence-electron chi connectivity index (χ1n) is 10.2. The number of fused-ring (bicyclic) bond motifs is 3. The first-order chi connectivity index (χ1) is 14.5. The van der Waals surface area contributed by atoms with Crippen LogP contribution < -0.4 is 5.73 Å². The van der Waals surface area contributed by atoms with Gasteiger partial charge in [0.1, 0.15) is 5.82 Å². The quantitative estimate of drug-likeness (QED) is 0.351. The Kier molecular flexibility index (Phi) is 5.78. The monoisotopic (exact) mass is 421 g/mol. The van der Waals surface area contributed by atoms with Crippen LogP contribution in [0.2, 0.25) is 5.02 Å². The lowest BCUT2D eigenvalue weighted by Gasteiger charge is -2.10. The van der Waals surface area contributed by atoms with Crippen molar-refractivity contribution in [2.24, 2.45) is 5.73 Å². The Morgan fingerprint density at radius 1 is 1.17 bits per heavy atom. The van der Waals surface area contributed by atoms with Crippen molar-refractivity contribution in [1.29, 1.82) is 0 Å². The first kappa shape index (κ1) is 20.4.